The number of carbonyl (C=O) groups is 4. The van der Waals surface area contributed by atoms with E-state index in [1.54, 1.807) is 36.0 Å². The number of thioether (sulfide) groups is 1. The lowest BCUT2D eigenvalue weighted by Crippen LogP contribution is -2.57. The van der Waals surface area contributed by atoms with E-state index in [0.717, 1.165) is 5.56 Å². The summed E-state index contributed by atoms with van der Waals surface area (Å²) >= 11 is 1.57. The molecule has 10 N–H and O–H groups in total. The first kappa shape index (κ1) is 33.4. The highest BCUT2D eigenvalue weighted by atomic mass is 32.2. The minimum Gasteiger partial charge on any atom is -0.480 e. The van der Waals surface area contributed by atoms with Crippen LogP contribution in [0.25, 0.3) is 0 Å². The number of unbranched alkanes of at least 4 members (excludes halogenated alkanes) is 2. The van der Waals surface area contributed by atoms with Crippen molar-refractivity contribution >= 4 is 35.5 Å². The molecule has 0 saturated heterocycles. The fraction of sp³-hybridized carbons (Fsp3) is 0.615. The number of rotatable bonds is 20. The van der Waals surface area contributed by atoms with Gasteiger partial charge in [-0.05, 0) is 75.6 Å². The molecule has 0 aromatic heterocycles. The van der Waals surface area contributed by atoms with Gasteiger partial charge >= 0.3 is 5.97 Å². The highest BCUT2D eigenvalue weighted by molar-refractivity contribution is 7.98. The maximum Gasteiger partial charge on any atom is 0.326 e. The van der Waals surface area contributed by atoms with E-state index in [-0.39, 0.29) is 12.8 Å². The zero-order chi connectivity index (χ0) is 28.3. The van der Waals surface area contributed by atoms with Crippen LogP contribution < -0.4 is 33.2 Å². The second-order valence-electron chi connectivity index (χ2n) is 9.17. The fourth-order valence-electron chi connectivity index (χ4n) is 3.77. The molecule has 0 saturated carbocycles. The molecular weight excluding hydrogens is 508 g/mol. The summed E-state index contributed by atoms with van der Waals surface area (Å²) in [7, 11) is 0. The van der Waals surface area contributed by atoms with Crippen LogP contribution in [0, 0.1) is 0 Å². The third kappa shape index (κ3) is 13.2. The molecule has 1 rings (SSSR count). The Kier molecular flexibility index (Phi) is 17.0. The predicted octanol–water partition coefficient (Wildman–Crippen LogP) is 0.107. The second-order valence-corrected chi connectivity index (χ2v) is 10.2. The van der Waals surface area contributed by atoms with Gasteiger partial charge in [0.05, 0.1) is 6.04 Å². The molecule has 214 valence electrons. The maximum absolute atomic E-state index is 13.2. The Bertz CT molecular complexity index is 860. The summed E-state index contributed by atoms with van der Waals surface area (Å²) in [6.45, 7) is 0.859. The number of carbonyl (C=O) groups excluding carboxylic acids is 3. The molecule has 0 radical (unpaired) electrons. The highest BCUT2D eigenvalue weighted by Crippen LogP contribution is 2.09. The maximum atomic E-state index is 13.2. The number of nitrogens with one attached hydrogen (secondary N) is 3. The summed E-state index contributed by atoms with van der Waals surface area (Å²) in [5.74, 6) is -2.06. The summed E-state index contributed by atoms with van der Waals surface area (Å²) < 4.78 is 0. The number of carboxylic acids is 1. The first-order chi connectivity index (χ1) is 18.2. The Labute approximate surface area is 229 Å². The molecule has 3 amide bonds. The van der Waals surface area contributed by atoms with E-state index in [2.05, 4.69) is 16.0 Å². The number of amides is 3. The van der Waals surface area contributed by atoms with Crippen molar-refractivity contribution in [3.05, 3.63) is 35.9 Å². The number of hydrogen-bond donors (Lipinski definition) is 7. The Balaban J connectivity index is 2.98. The zero-order valence-corrected chi connectivity index (χ0v) is 23.0. The molecule has 0 aliphatic rings. The molecule has 0 aliphatic carbocycles. The Morgan fingerprint density at radius 1 is 0.789 bits per heavy atom. The molecule has 1 aromatic rings. The van der Waals surface area contributed by atoms with E-state index in [0.29, 0.717) is 57.4 Å². The van der Waals surface area contributed by atoms with Crippen molar-refractivity contribution in [1.29, 1.82) is 0 Å². The standard InChI is InChI=1S/C26H44N6O5S/c1-38-16-13-19(29)23(33)30-20(11-5-7-14-27)24(34)31-21(12-6-8-15-28)25(35)32-22(26(36)37)17-18-9-3-2-4-10-18/h2-4,9-10,19-22H,5-8,11-17,27-29H2,1H3,(H,30,33)(H,31,34)(H,32,35)(H,36,37)/t19-,20-,21-,22-/m0/s1. The largest absolute Gasteiger partial charge is 0.480 e. The van der Waals surface area contributed by atoms with Gasteiger partial charge in [-0.25, -0.2) is 4.79 Å². The molecule has 0 heterocycles. The molecule has 38 heavy (non-hydrogen) atoms. The summed E-state index contributed by atoms with van der Waals surface area (Å²) in [6.07, 6.45) is 5.51. The quantitative estimate of drug-likeness (QED) is 0.110. The topological polar surface area (TPSA) is 203 Å². The summed E-state index contributed by atoms with van der Waals surface area (Å²) in [6, 6.07) is 5.13. The van der Waals surface area contributed by atoms with E-state index < -0.39 is 47.9 Å². The van der Waals surface area contributed by atoms with E-state index in [1.165, 1.54) is 0 Å². The molecule has 0 bridgehead atoms. The van der Waals surface area contributed by atoms with Crippen molar-refractivity contribution < 1.29 is 24.3 Å². The molecule has 1 aromatic carbocycles. The minimum absolute atomic E-state index is 0.0943. The van der Waals surface area contributed by atoms with Gasteiger partial charge in [-0.15, -0.1) is 0 Å². The van der Waals surface area contributed by atoms with Crippen LogP contribution in [0.2, 0.25) is 0 Å². The van der Waals surface area contributed by atoms with Crippen LogP contribution >= 0.6 is 11.8 Å². The van der Waals surface area contributed by atoms with Crippen LogP contribution in [0.4, 0.5) is 0 Å². The van der Waals surface area contributed by atoms with Crippen molar-refractivity contribution in [3.63, 3.8) is 0 Å². The summed E-state index contributed by atoms with van der Waals surface area (Å²) in [5, 5.41) is 17.7. The number of carboxylic acid groups (broad SMARTS) is 1. The number of benzene rings is 1. The Hall–Kier alpha value is -2.67. The lowest BCUT2D eigenvalue weighted by Gasteiger charge is -2.25. The van der Waals surface area contributed by atoms with Gasteiger partial charge < -0.3 is 38.3 Å². The molecule has 0 unspecified atom stereocenters. The SMILES string of the molecule is CSCC[C@H](N)C(=O)N[C@@H](CCCCN)C(=O)N[C@@H](CCCCN)C(=O)N[C@@H](Cc1ccccc1)C(=O)O. The molecule has 4 atom stereocenters. The van der Waals surface area contributed by atoms with Crippen LogP contribution in [-0.2, 0) is 25.6 Å². The number of aliphatic carboxylic acids is 1. The Morgan fingerprint density at radius 3 is 1.76 bits per heavy atom. The Morgan fingerprint density at radius 2 is 1.29 bits per heavy atom. The van der Waals surface area contributed by atoms with Crippen LogP contribution in [0.1, 0.15) is 50.5 Å². The van der Waals surface area contributed by atoms with Gasteiger partial charge in [0.25, 0.3) is 0 Å². The van der Waals surface area contributed by atoms with Crippen molar-refractivity contribution in [3.8, 4) is 0 Å². The van der Waals surface area contributed by atoms with Crippen LogP contribution in [0.5, 0.6) is 0 Å². The normalized spacial score (nSPS) is 14.1. The van der Waals surface area contributed by atoms with Crippen molar-refractivity contribution in [1.82, 2.24) is 16.0 Å². The lowest BCUT2D eigenvalue weighted by molar-refractivity contribution is -0.142. The van der Waals surface area contributed by atoms with Gasteiger partial charge in [-0.3, -0.25) is 14.4 Å². The van der Waals surface area contributed by atoms with Gasteiger partial charge in [0.2, 0.25) is 17.7 Å². The number of hydrogen-bond acceptors (Lipinski definition) is 8. The molecular formula is C26H44N6O5S. The molecule has 12 heteroatoms. The van der Waals surface area contributed by atoms with E-state index in [4.69, 9.17) is 17.2 Å². The summed E-state index contributed by atoms with van der Waals surface area (Å²) in [4.78, 5) is 50.9. The second kappa shape index (κ2) is 19.4. The van der Waals surface area contributed by atoms with Gasteiger partial charge in [-0.1, -0.05) is 30.3 Å². The fourth-order valence-corrected chi connectivity index (χ4v) is 4.26. The highest BCUT2D eigenvalue weighted by Gasteiger charge is 2.30. The summed E-state index contributed by atoms with van der Waals surface area (Å²) in [5.41, 5.74) is 17.9. The monoisotopic (exact) mass is 552 g/mol. The van der Waals surface area contributed by atoms with Crippen molar-refractivity contribution in [2.45, 2.75) is 75.5 Å². The average molecular weight is 553 g/mol. The third-order valence-corrected chi connectivity index (χ3v) is 6.67. The molecule has 0 fully saturated rings. The first-order valence-corrected chi connectivity index (χ1v) is 14.4. The lowest BCUT2D eigenvalue weighted by atomic mass is 10.0. The van der Waals surface area contributed by atoms with Crippen LogP contribution in [0.15, 0.2) is 30.3 Å². The zero-order valence-electron chi connectivity index (χ0n) is 22.2. The first-order valence-electron chi connectivity index (χ1n) is 13.1. The average Bonchev–Trinajstić information content (AvgIpc) is 2.90. The number of nitrogens with two attached hydrogens (primary N) is 3. The van der Waals surface area contributed by atoms with Crippen LogP contribution in [-0.4, -0.2) is 78.1 Å². The van der Waals surface area contributed by atoms with Gasteiger partial charge in [0, 0.05) is 6.42 Å². The van der Waals surface area contributed by atoms with E-state index in [9.17, 15) is 24.3 Å². The minimum atomic E-state index is -1.18. The molecule has 0 aliphatic heterocycles. The van der Waals surface area contributed by atoms with E-state index >= 15 is 0 Å². The predicted molar refractivity (Wildman–Crippen MR) is 150 cm³/mol. The van der Waals surface area contributed by atoms with Crippen LogP contribution in [0.3, 0.4) is 0 Å². The van der Waals surface area contributed by atoms with Gasteiger partial charge in [0.15, 0.2) is 0 Å². The third-order valence-electron chi connectivity index (χ3n) is 6.03. The van der Waals surface area contributed by atoms with Crippen molar-refractivity contribution in [2.75, 3.05) is 25.1 Å². The molecule has 11 nitrogen and oxygen atoms in total. The van der Waals surface area contributed by atoms with Gasteiger partial charge in [-0.2, -0.15) is 11.8 Å². The van der Waals surface area contributed by atoms with Crippen molar-refractivity contribution in [2.24, 2.45) is 17.2 Å². The van der Waals surface area contributed by atoms with Gasteiger partial charge in [0.1, 0.15) is 18.1 Å². The smallest absolute Gasteiger partial charge is 0.326 e. The molecule has 0 spiro atoms. The van der Waals surface area contributed by atoms with E-state index in [1.807, 2.05) is 12.3 Å².